The zero-order valence-electron chi connectivity index (χ0n) is 12.0. The lowest BCUT2D eigenvalue weighted by Gasteiger charge is -2.18. The third-order valence-corrected chi connectivity index (χ3v) is 4.45. The lowest BCUT2D eigenvalue weighted by Crippen LogP contribution is -2.24. The van der Waals surface area contributed by atoms with E-state index in [0.717, 1.165) is 23.1 Å². The number of nitrogens with zero attached hydrogens (tertiary/aromatic N) is 1. The van der Waals surface area contributed by atoms with E-state index in [9.17, 15) is 9.90 Å². The highest BCUT2D eigenvalue weighted by Crippen LogP contribution is 2.30. The maximum absolute atomic E-state index is 12.3. The van der Waals surface area contributed by atoms with Crippen molar-refractivity contribution in [1.29, 1.82) is 5.41 Å². The highest BCUT2D eigenvalue weighted by Gasteiger charge is 2.27. The van der Waals surface area contributed by atoms with Crippen molar-refractivity contribution in [2.24, 2.45) is 0 Å². The smallest absolute Gasteiger partial charge is 0.329 e. The summed E-state index contributed by atoms with van der Waals surface area (Å²) >= 11 is 6.33. The van der Waals surface area contributed by atoms with Gasteiger partial charge in [0.05, 0.1) is 6.61 Å². The van der Waals surface area contributed by atoms with E-state index in [1.165, 1.54) is 4.57 Å². The van der Waals surface area contributed by atoms with Gasteiger partial charge in [-0.15, -0.1) is 0 Å². The molecule has 0 unspecified atom stereocenters. The van der Waals surface area contributed by atoms with Gasteiger partial charge in [-0.05, 0) is 24.7 Å². The van der Waals surface area contributed by atoms with Crippen molar-refractivity contribution in [3.05, 3.63) is 44.7 Å². The van der Waals surface area contributed by atoms with Crippen molar-refractivity contribution < 1.29 is 14.6 Å². The van der Waals surface area contributed by atoms with Crippen molar-refractivity contribution in [1.82, 2.24) is 4.57 Å². The molecule has 116 valence electrons. The minimum atomic E-state index is -0.750. The number of aromatic hydroxyl groups is 1. The van der Waals surface area contributed by atoms with Crippen LogP contribution in [0.25, 0.3) is 0 Å². The van der Waals surface area contributed by atoms with Gasteiger partial charge in [0.25, 0.3) is 0 Å². The van der Waals surface area contributed by atoms with E-state index in [1.54, 1.807) is 6.92 Å². The molecule has 1 heterocycles. The molecule has 2 aromatic rings. The zero-order valence-corrected chi connectivity index (χ0v) is 13.6. The topological polar surface area (TPSA) is 75.3 Å². The van der Waals surface area contributed by atoms with Crippen LogP contribution < -0.4 is 0 Å². The van der Waals surface area contributed by atoms with Crippen LogP contribution in [0.5, 0.6) is 5.88 Å². The quantitative estimate of drug-likeness (QED) is 0.482. The van der Waals surface area contributed by atoms with E-state index >= 15 is 0 Å². The Kier molecular flexibility index (Phi) is 5.46. The highest BCUT2D eigenvalue weighted by molar-refractivity contribution is 7.73. The standard InChI is InChI=1S/C15H16N2O3S2/c1-2-20-14(19)11(8-10-6-4-3-5-7-10)17-13(18)12(9-16)22-15(17)21/h3-7,9,11,16,18H,2,8H2,1H3/t11-/m0/s1. The Bertz CT molecular complexity index is 722. The summed E-state index contributed by atoms with van der Waals surface area (Å²) in [4.78, 5) is 12.6. The SMILES string of the molecule is CCOC(=O)[C@H](Cc1ccccc1)n1c(O)c(C=N)sc1=S. The Labute approximate surface area is 137 Å². The van der Waals surface area contributed by atoms with Crippen molar-refractivity contribution in [2.45, 2.75) is 19.4 Å². The molecule has 5 nitrogen and oxygen atoms in total. The lowest BCUT2D eigenvalue weighted by atomic mass is 10.1. The average molecular weight is 336 g/mol. The fraction of sp³-hybridized carbons (Fsp3) is 0.267. The average Bonchev–Trinajstić information content (AvgIpc) is 2.80. The molecule has 0 aliphatic carbocycles. The number of esters is 1. The predicted octanol–water partition coefficient (Wildman–Crippen LogP) is 3.33. The fourth-order valence-corrected chi connectivity index (χ4v) is 3.35. The highest BCUT2D eigenvalue weighted by atomic mass is 32.1. The molecule has 2 rings (SSSR count). The molecule has 0 saturated carbocycles. The van der Waals surface area contributed by atoms with Gasteiger partial charge >= 0.3 is 5.97 Å². The van der Waals surface area contributed by atoms with Crippen LogP contribution in [0.4, 0.5) is 0 Å². The summed E-state index contributed by atoms with van der Waals surface area (Å²) in [7, 11) is 0. The second-order valence-electron chi connectivity index (χ2n) is 4.53. The Morgan fingerprint density at radius 1 is 1.50 bits per heavy atom. The number of benzene rings is 1. The minimum Gasteiger partial charge on any atom is -0.493 e. The van der Waals surface area contributed by atoms with E-state index in [-0.39, 0.29) is 12.5 Å². The molecule has 7 heteroatoms. The van der Waals surface area contributed by atoms with Gasteiger partial charge < -0.3 is 15.3 Å². The summed E-state index contributed by atoms with van der Waals surface area (Å²) in [5.41, 5.74) is 0.935. The number of ether oxygens (including phenoxy) is 1. The molecule has 0 amide bonds. The van der Waals surface area contributed by atoms with E-state index < -0.39 is 12.0 Å². The first-order valence-corrected chi connectivity index (χ1v) is 7.96. The number of hydrogen-bond donors (Lipinski definition) is 2. The van der Waals surface area contributed by atoms with Crippen molar-refractivity contribution >= 4 is 35.7 Å². The summed E-state index contributed by atoms with van der Waals surface area (Å²) in [6.07, 6.45) is 1.38. The van der Waals surface area contributed by atoms with Crippen LogP contribution in [0.1, 0.15) is 23.4 Å². The van der Waals surface area contributed by atoms with Crippen molar-refractivity contribution in [3.63, 3.8) is 0 Å². The summed E-state index contributed by atoms with van der Waals surface area (Å²) in [6, 6.07) is 8.71. The molecule has 22 heavy (non-hydrogen) atoms. The van der Waals surface area contributed by atoms with Crippen LogP contribution in [-0.4, -0.2) is 28.5 Å². The second kappa shape index (κ2) is 7.33. The fourth-order valence-electron chi connectivity index (χ4n) is 2.12. The van der Waals surface area contributed by atoms with Gasteiger partial charge in [0.2, 0.25) is 5.88 Å². The molecule has 0 bridgehead atoms. The molecule has 0 saturated heterocycles. The largest absolute Gasteiger partial charge is 0.493 e. The Morgan fingerprint density at radius 2 is 2.18 bits per heavy atom. The normalized spacial score (nSPS) is 11.9. The summed E-state index contributed by atoms with van der Waals surface area (Å²) in [5, 5.41) is 17.5. The Morgan fingerprint density at radius 3 is 2.73 bits per heavy atom. The monoisotopic (exact) mass is 336 g/mol. The minimum absolute atomic E-state index is 0.168. The number of nitrogens with one attached hydrogen (secondary N) is 1. The molecule has 1 atom stereocenters. The first-order chi connectivity index (χ1) is 10.6. The van der Waals surface area contributed by atoms with Crippen LogP contribution in [0.2, 0.25) is 0 Å². The molecule has 0 radical (unpaired) electrons. The number of hydrogen-bond acceptors (Lipinski definition) is 6. The lowest BCUT2D eigenvalue weighted by molar-refractivity contribution is -0.147. The van der Waals surface area contributed by atoms with E-state index in [0.29, 0.717) is 15.3 Å². The van der Waals surface area contributed by atoms with Crippen molar-refractivity contribution in [3.8, 4) is 5.88 Å². The number of carbonyl (C=O) groups excluding carboxylic acids is 1. The number of aromatic nitrogens is 1. The van der Waals surface area contributed by atoms with Gasteiger partial charge in [-0.1, -0.05) is 41.7 Å². The summed E-state index contributed by atoms with van der Waals surface area (Å²) in [6.45, 7) is 1.98. The molecule has 0 aliphatic rings. The second-order valence-corrected chi connectivity index (χ2v) is 6.20. The van der Waals surface area contributed by atoms with Gasteiger partial charge in [0, 0.05) is 12.6 Å². The van der Waals surface area contributed by atoms with Crippen LogP contribution in [-0.2, 0) is 16.0 Å². The Balaban J connectivity index is 2.45. The van der Waals surface area contributed by atoms with Crippen LogP contribution in [0.3, 0.4) is 0 Å². The van der Waals surface area contributed by atoms with Gasteiger partial charge in [-0.2, -0.15) is 0 Å². The molecule has 2 N–H and O–H groups in total. The molecule has 0 fully saturated rings. The van der Waals surface area contributed by atoms with Crippen LogP contribution >= 0.6 is 23.6 Å². The molecule has 1 aromatic carbocycles. The molecular weight excluding hydrogens is 320 g/mol. The predicted molar refractivity (Wildman–Crippen MR) is 88.5 cm³/mol. The summed E-state index contributed by atoms with van der Waals surface area (Å²) < 4.78 is 6.82. The number of carbonyl (C=O) groups is 1. The van der Waals surface area contributed by atoms with E-state index in [2.05, 4.69) is 0 Å². The molecule has 1 aromatic heterocycles. The first kappa shape index (κ1) is 16.4. The van der Waals surface area contributed by atoms with E-state index in [4.69, 9.17) is 22.4 Å². The van der Waals surface area contributed by atoms with Gasteiger partial charge in [-0.25, -0.2) is 4.79 Å². The van der Waals surface area contributed by atoms with Gasteiger partial charge in [0.15, 0.2) is 3.95 Å². The maximum Gasteiger partial charge on any atom is 0.329 e. The van der Waals surface area contributed by atoms with Gasteiger partial charge in [0.1, 0.15) is 10.9 Å². The van der Waals surface area contributed by atoms with Crippen molar-refractivity contribution in [2.75, 3.05) is 6.61 Å². The van der Waals surface area contributed by atoms with Crippen LogP contribution in [0, 0.1) is 9.36 Å². The van der Waals surface area contributed by atoms with Crippen LogP contribution in [0.15, 0.2) is 30.3 Å². The Hall–Kier alpha value is -1.99. The zero-order chi connectivity index (χ0) is 16.1. The van der Waals surface area contributed by atoms with E-state index in [1.807, 2.05) is 30.3 Å². The number of rotatable bonds is 6. The first-order valence-electron chi connectivity index (χ1n) is 6.73. The molecular formula is C15H16N2O3S2. The molecule has 0 spiro atoms. The third-order valence-electron chi connectivity index (χ3n) is 3.12. The van der Waals surface area contributed by atoms with Gasteiger partial charge in [-0.3, -0.25) is 4.57 Å². The number of thiazole rings is 1. The summed E-state index contributed by atoms with van der Waals surface area (Å²) in [5.74, 6) is -0.619. The molecule has 0 aliphatic heterocycles. The maximum atomic E-state index is 12.3. The third kappa shape index (κ3) is 3.42.